The molecule has 1 N–H and O–H groups in total. The van der Waals surface area contributed by atoms with E-state index in [-0.39, 0.29) is 11.5 Å². The third-order valence-electron chi connectivity index (χ3n) is 3.52. The SMILES string of the molecule is CCOC(=O)c1ccc(S(=O)(=O)Nc2nc3c(C)cccc3s2)cc1. The van der Waals surface area contributed by atoms with E-state index in [0.717, 1.165) is 15.8 Å². The van der Waals surface area contributed by atoms with Crippen molar-refractivity contribution in [2.24, 2.45) is 0 Å². The number of carbonyl (C=O) groups excluding carboxylic acids is 1. The van der Waals surface area contributed by atoms with Gasteiger partial charge in [-0.15, -0.1) is 0 Å². The van der Waals surface area contributed by atoms with Crippen molar-refractivity contribution in [3.05, 3.63) is 53.6 Å². The zero-order chi connectivity index (χ0) is 18.0. The Morgan fingerprint density at radius 3 is 2.56 bits per heavy atom. The fourth-order valence-electron chi connectivity index (χ4n) is 2.29. The van der Waals surface area contributed by atoms with Crippen LogP contribution >= 0.6 is 11.3 Å². The van der Waals surface area contributed by atoms with Crippen LogP contribution < -0.4 is 4.72 Å². The van der Waals surface area contributed by atoms with Crippen LogP contribution in [0.5, 0.6) is 0 Å². The number of ether oxygens (including phenoxy) is 1. The molecule has 25 heavy (non-hydrogen) atoms. The Morgan fingerprint density at radius 2 is 1.92 bits per heavy atom. The second kappa shape index (κ2) is 6.81. The summed E-state index contributed by atoms with van der Waals surface area (Å²) in [6.07, 6.45) is 0. The number of hydrogen-bond donors (Lipinski definition) is 1. The first-order valence-electron chi connectivity index (χ1n) is 7.57. The van der Waals surface area contributed by atoms with Crippen LogP contribution in [-0.2, 0) is 14.8 Å². The minimum atomic E-state index is -3.78. The van der Waals surface area contributed by atoms with Crippen LogP contribution in [-0.4, -0.2) is 26.0 Å². The molecule has 8 heteroatoms. The molecule has 3 aromatic rings. The van der Waals surface area contributed by atoms with E-state index in [1.165, 1.54) is 35.6 Å². The number of fused-ring (bicyclic) bond motifs is 1. The molecule has 0 saturated heterocycles. The lowest BCUT2D eigenvalue weighted by molar-refractivity contribution is 0.0526. The Labute approximate surface area is 149 Å². The molecular weight excluding hydrogens is 360 g/mol. The lowest BCUT2D eigenvalue weighted by atomic mass is 10.2. The minimum absolute atomic E-state index is 0.0523. The number of nitrogens with zero attached hydrogens (tertiary/aromatic N) is 1. The number of benzene rings is 2. The summed E-state index contributed by atoms with van der Waals surface area (Å²) >= 11 is 1.27. The Hall–Kier alpha value is -2.45. The molecule has 0 bridgehead atoms. The van der Waals surface area contributed by atoms with Gasteiger partial charge in [-0.05, 0) is 49.7 Å². The van der Waals surface area contributed by atoms with E-state index < -0.39 is 16.0 Å². The molecule has 0 saturated carbocycles. The molecule has 6 nitrogen and oxygen atoms in total. The minimum Gasteiger partial charge on any atom is -0.462 e. The topological polar surface area (TPSA) is 85.4 Å². The molecule has 0 spiro atoms. The average molecular weight is 376 g/mol. The van der Waals surface area contributed by atoms with E-state index in [9.17, 15) is 13.2 Å². The zero-order valence-corrected chi connectivity index (χ0v) is 15.3. The predicted octanol–water partition coefficient (Wildman–Crippen LogP) is 3.58. The number of thiazole rings is 1. The fourth-order valence-corrected chi connectivity index (χ4v) is 4.47. The summed E-state index contributed by atoms with van der Waals surface area (Å²) in [5.41, 5.74) is 2.07. The Balaban J connectivity index is 1.85. The van der Waals surface area contributed by atoms with Gasteiger partial charge >= 0.3 is 5.97 Å². The van der Waals surface area contributed by atoms with Gasteiger partial charge < -0.3 is 4.74 Å². The van der Waals surface area contributed by atoms with Gasteiger partial charge in [-0.1, -0.05) is 23.5 Å². The van der Waals surface area contributed by atoms with Crippen LogP contribution in [0.1, 0.15) is 22.8 Å². The molecule has 0 aliphatic carbocycles. The van der Waals surface area contributed by atoms with E-state index in [4.69, 9.17) is 4.74 Å². The zero-order valence-electron chi connectivity index (χ0n) is 13.6. The van der Waals surface area contributed by atoms with Crippen LogP contribution in [0.2, 0.25) is 0 Å². The van der Waals surface area contributed by atoms with Crippen LogP contribution in [0.3, 0.4) is 0 Å². The number of aromatic nitrogens is 1. The number of hydrogen-bond acceptors (Lipinski definition) is 6. The lowest BCUT2D eigenvalue weighted by Gasteiger charge is -2.06. The first-order chi connectivity index (χ1) is 11.9. The molecule has 0 atom stereocenters. The maximum atomic E-state index is 12.5. The molecule has 1 aromatic heterocycles. The second-order valence-electron chi connectivity index (χ2n) is 5.29. The molecule has 0 unspecified atom stereocenters. The number of esters is 1. The molecule has 2 aromatic carbocycles. The number of rotatable bonds is 5. The van der Waals surface area contributed by atoms with E-state index in [1.807, 2.05) is 25.1 Å². The third kappa shape index (κ3) is 3.64. The number of sulfonamides is 1. The van der Waals surface area contributed by atoms with Crippen LogP contribution in [0.4, 0.5) is 5.13 Å². The number of para-hydroxylation sites is 1. The van der Waals surface area contributed by atoms with Gasteiger partial charge in [0.1, 0.15) is 0 Å². The Bertz CT molecular complexity index is 1020. The van der Waals surface area contributed by atoms with Crippen molar-refractivity contribution in [2.45, 2.75) is 18.7 Å². The summed E-state index contributed by atoms with van der Waals surface area (Å²) in [6, 6.07) is 11.3. The van der Waals surface area contributed by atoms with Crippen molar-refractivity contribution >= 4 is 42.7 Å². The summed E-state index contributed by atoms with van der Waals surface area (Å²) in [7, 11) is -3.78. The molecule has 0 radical (unpaired) electrons. The second-order valence-corrected chi connectivity index (χ2v) is 8.00. The number of aryl methyl sites for hydroxylation is 1. The van der Waals surface area contributed by atoms with Gasteiger partial charge in [0.25, 0.3) is 10.0 Å². The molecule has 0 aliphatic heterocycles. The standard InChI is InChI=1S/C17H16N2O4S2/c1-3-23-16(20)12-7-9-13(10-8-12)25(21,22)19-17-18-15-11(2)5-4-6-14(15)24-17/h4-10H,3H2,1-2H3,(H,18,19). The maximum Gasteiger partial charge on any atom is 0.338 e. The first-order valence-corrected chi connectivity index (χ1v) is 9.87. The molecular formula is C17H16N2O4S2. The lowest BCUT2D eigenvalue weighted by Crippen LogP contribution is -2.13. The van der Waals surface area contributed by atoms with Crippen molar-refractivity contribution < 1.29 is 17.9 Å². The molecule has 0 fully saturated rings. The van der Waals surface area contributed by atoms with E-state index in [1.54, 1.807) is 6.92 Å². The molecule has 3 rings (SSSR count). The van der Waals surface area contributed by atoms with Gasteiger partial charge in [0.05, 0.1) is 27.3 Å². The molecule has 130 valence electrons. The highest BCUT2D eigenvalue weighted by atomic mass is 32.2. The summed E-state index contributed by atoms with van der Waals surface area (Å²) in [6.45, 7) is 3.90. The Morgan fingerprint density at radius 1 is 1.20 bits per heavy atom. The first kappa shape index (κ1) is 17.4. The normalized spacial score (nSPS) is 11.4. The van der Waals surface area contributed by atoms with Gasteiger partial charge in [0.2, 0.25) is 0 Å². The predicted molar refractivity (Wildman–Crippen MR) is 97.6 cm³/mol. The number of anilines is 1. The van der Waals surface area contributed by atoms with E-state index in [2.05, 4.69) is 9.71 Å². The van der Waals surface area contributed by atoms with Crippen molar-refractivity contribution in [1.82, 2.24) is 4.98 Å². The maximum absolute atomic E-state index is 12.5. The van der Waals surface area contributed by atoms with E-state index in [0.29, 0.717) is 10.7 Å². The summed E-state index contributed by atoms with van der Waals surface area (Å²) < 4.78 is 33.3. The number of carbonyl (C=O) groups is 1. The van der Waals surface area contributed by atoms with Crippen LogP contribution in [0, 0.1) is 6.92 Å². The summed E-state index contributed by atoms with van der Waals surface area (Å²) in [5, 5.41) is 0.304. The molecule has 0 amide bonds. The largest absolute Gasteiger partial charge is 0.462 e. The summed E-state index contributed by atoms with van der Waals surface area (Å²) in [4.78, 5) is 16.0. The Kier molecular flexibility index (Phi) is 4.73. The highest BCUT2D eigenvalue weighted by Crippen LogP contribution is 2.29. The van der Waals surface area contributed by atoms with Gasteiger partial charge in [0, 0.05) is 0 Å². The fraction of sp³-hybridized carbons (Fsp3) is 0.176. The van der Waals surface area contributed by atoms with E-state index >= 15 is 0 Å². The van der Waals surface area contributed by atoms with Crippen molar-refractivity contribution in [3.8, 4) is 0 Å². The molecule has 1 heterocycles. The quantitative estimate of drug-likeness (QED) is 0.688. The van der Waals surface area contributed by atoms with Gasteiger partial charge in [-0.3, -0.25) is 4.72 Å². The van der Waals surface area contributed by atoms with Gasteiger partial charge in [-0.2, -0.15) is 0 Å². The van der Waals surface area contributed by atoms with Crippen LogP contribution in [0.25, 0.3) is 10.2 Å². The van der Waals surface area contributed by atoms with Gasteiger partial charge in [0.15, 0.2) is 5.13 Å². The highest BCUT2D eigenvalue weighted by molar-refractivity contribution is 7.93. The van der Waals surface area contributed by atoms with Crippen molar-refractivity contribution in [3.63, 3.8) is 0 Å². The van der Waals surface area contributed by atoms with Crippen molar-refractivity contribution in [2.75, 3.05) is 11.3 Å². The van der Waals surface area contributed by atoms with Crippen LogP contribution in [0.15, 0.2) is 47.4 Å². The highest BCUT2D eigenvalue weighted by Gasteiger charge is 2.18. The van der Waals surface area contributed by atoms with Crippen molar-refractivity contribution in [1.29, 1.82) is 0 Å². The van der Waals surface area contributed by atoms with Gasteiger partial charge in [-0.25, -0.2) is 18.2 Å². The number of nitrogens with one attached hydrogen (secondary N) is 1. The monoisotopic (exact) mass is 376 g/mol. The third-order valence-corrected chi connectivity index (χ3v) is 5.94. The smallest absolute Gasteiger partial charge is 0.338 e. The average Bonchev–Trinajstić information content (AvgIpc) is 2.98. The molecule has 0 aliphatic rings. The summed E-state index contributed by atoms with van der Waals surface area (Å²) in [5.74, 6) is -0.485.